The Kier molecular flexibility index (Phi) is 5.15. The molecule has 0 aliphatic heterocycles. The van der Waals surface area contributed by atoms with Crippen LogP contribution in [0.4, 0.5) is 4.39 Å². The van der Waals surface area contributed by atoms with E-state index in [1.54, 1.807) is 6.07 Å². The van der Waals surface area contributed by atoms with Gasteiger partial charge in [-0.1, -0.05) is 34.1 Å². The summed E-state index contributed by atoms with van der Waals surface area (Å²) >= 11 is 3.17. The van der Waals surface area contributed by atoms with Crippen molar-refractivity contribution in [2.45, 2.75) is 6.42 Å². The van der Waals surface area contributed by atoms with E-state index in [1.807, 2.05) is 30.5 Å². The monoisotopic (exact) mass is 390 g/mol. The van der Waals surface area contributed by atoms with Gasteiger partial charge in [0.15, 0.2) is 18.2 Å². The van der Waals surface area contributed by atoms with Crippen LogP contribution in [0, 0.1) is 5.82 Å². The first-order valence-electron chi connectivity index (χ1n) is 7.53. The highest BCUT2D eigenvalue weighted by molar-refractivity contribution is 9.10. The molecule has 3 aromatic rings. The van der Waals surface area contributed by atoms with E-state index in [4.69, 9.17) is 4.74 Å². The highest BCUT2D eigenvalue weighted by Crippen LogP contribution is 2.21. The van der Waals surface area contributed by atoms with E-state index in [0.717, 1.165) is 16.5 Å². The number of H-pyrrole nitrogens is 1. The van der Waals surface area contributed by atoms with E-state index in [9.17, 15) is 9.18 Å². The summed E-state index contributed by atoms with van der Waals surface area (Å²) in [6, 6.07) is 12.5. The maximum absolute atomic E-state index is 13.6. The number of aromatic nitrogens is 1. The fourth-order valence-corrected chi connectivity index (χ4v) is 2.79. The molecule has 0 unspecified atom stereocenters. The Morgan fingerprint density at radius 2 is 2.08 bits per heavy atom. The number of benzene rings is 2. The number of amides is 1. The Morgan fingerprint density at radius 3 is 2.92 bits per heavy atom. The Hall–Kier alpha value is -2.34. The molecule has 1 heterocycles. The number of hydrogen-bond acceptors (Lipinski definition) is 2. The lowest BCUT2D eigenvalue weighted by atomic mass is 10.1. The summed E-state index contributed by atoms with van der Waals surface area (Å²) < 4.78 is 19.4. The molecule has 0 bridgehead atoms. The minimum absolute atomic E-state index is 0.0602. The quantitative estimate of drug-likeness (QED) is 0.672. The topological polar surface area (TPSA) is 54.1 Å². The standard InChI is InChI=1S/C18H16BrFN2O2/c19-13-5-6-17(15(20)9-13)24-11-18(23)21-8-7-12-10-22-16-4-2-1-3-14(12)16/h1-6,9-10,22H,7-8,11H2,(H,21,23). The number of ether oxygens (including phenoxy) is 1. The molecular formula is C18H16BrFN2O2. The maximum atomic E-state index is 13.6. The summed E-state index contributed by atoms with van der Waals surface area (Å²) in [5, 5.41) is 3.93. The van der Waals surface area contributed by atoms with Gasteiger partial charge in [0.1, 0.15) is 0 Å². The average molecular weight is 391 g/mol. The zero-order valence-electron chi connectivity index (χ0n) is 12.8. The van der Waals surface area contributed by atoms with E-state index in [1.165, 1.54) is 12.1 Å². The van der Waals surface area contributed by atoms with E-state index in [-0.39, 0.29) is 18.3 Å². The third-order valence-electron chi connectivity index (χ3n) is 3.64. The van der Waals surface area contributed by atoms with Gasteiger partial charge in [0.05, 0.1) is 0 Å². The van der Waals surface area contributed by atoms with Gasteiger partial charge >= 0.3 is 0 Å². The van der Waals surface area contributed by atoms with Gasteiger partial charge in [0.25, 0.3) is 5.91 Å². The first-order valence-corrected chi connectivity index (χ1v) is 8.32. The molecule has 0 spiro atoms. The second-order valence-corrected chi connectivity index (χ2v) is 6.24. The molecule has 24 heavy (non-hydrogen) atoms. The van der Waals surface area contributed by atoms with Crippen molar-refractivity contribution in [1.82, 2.24) is 10.3 Å². The van der Waals surface area contributed by atoms with Crippen LogP contribution in [0.2, 0.25) is 0 Å². The molecule has 0 aliphatic rings. The normalized spacial score (nSPS) is 10.8. The first-order chi connectivity index (χ1) is 11.6. The van der Waals surface area contributed by atoms with Crippen LogP contribution in [0.25, 0.3) is 10.9 Å². The lowest BCUT2D eigenvalue weighted by molar-refractivity contribution is -0.123. The predicted octanol–water partition coefficient (Wildman–Crippen LogP) is 3.81. The molecule has 0 saturated carbocycles. The highest BCUT2D eigenvalue weighted by Gasteiger charge is 2.08. The Balaban J connectivity index is 1.47. The molecule has 1 aromatic heterocycles. The summed E-state index contributed by atoms with van der Waals surface area (Å²) in [7, 11) is 0. The molecule has 3 rings (SSSR count). The van der Waals surface area contributed by atoms with Crippen molar-refractivity contribution in [1.29, 1.82) is 0 Å². The summed E-state index contributed by atoms with van der Waals surface area (Å²) in [5.74, 6) is -0.724. The molecule has 6 heteroatoms. The van der Waals surface area contributed by atoms with Crippen molar-refractivity contribution in [2.24, 2.45) is 0 Å². The molecule has 2 aromatic carbocycles. The van der Waals surface area contributed by atoms with Crippen LogP contribution in [0.3, 0.4) is 0 Å². The largest absolute Gasteiger partial charge is 0.481 e. The van der Waals surface area contributed by atoms with Gasteiger partial charge in [-0.15, -0.1) is 0 Å². The summed E-state index contributed by atoms with van der Waals surface area (Å²) in [6.07, 6.45) is 2.66. The van der Waals surface area contributed by atoms with Crippen molar-refractivity contribution in [3.8, 4) is 5.75 Å². The third-order valence-corrected chi connectivity index (χ3v) is 4.14. The number of rotatable bonds is 6. The van der Waals surface area contributed by atoms with Crippen molar-refractivity contribution in [3.05, 3.63) is 64.5 Å². The lowest BCUT2D eigenvalue weighted by Gasteiger charge is -2.08. The fourth-order valence-electron chi connectivity index (χ4n) is 2.46. The number of carbonyl (C=O) groups excluding carboxylic acids is 1. The van der Waals surface area contributed by atoms with E-state index < -0.39 is 5.82 Å². The average Bonchev–Trinajstić information content (AvgIpc) is 2.97. The Bertz CT molecular complexity index is 863. The molecule has 124 valence electrons. The number of halogens is 2. The zero-order chi connectivity index (χ0) is 16.9. The van der Waals surface area contributed by atoms with Crippen LogP contribution < -0.4 is 10.1 Å². The first kappa shape index (κ1) is 16.5. The molecule has 1 amide bonds. The summed E-state index contributed by atoms with van der Waals surface area (Å²) in [6.45, 7) is 0.277. The van der Waals surface area contributed by atoms with Crippen molar-refractivity contribution >= 4 is 32.7 Å². The number of aromatic amines is 1. The van der Waals surface area contributed by atoms with Crippen LogP contribution in [-0.2, 0) is 11.2 Å². The minimum atomic E-state index is -0.504. The Labute approximate surface area is 147 Å². The Morgan fingerprint density at radius 1 is 1.25 bits per heavy atom. The van der Waals surface area contributed by atoms with Gasteiger partial charge in [0.2, 0.25) is 0 Å². The highest BCUT2D eigenvalue weighted by atomic mass is 79.9. The number of nitrogens with one attached hydrogen (secondary N) is 2. The summed E-state index contributed by atoms with van der Waals surface area (Å²) in [5.41, 5.74) is 2.22. The van der Waals surface area contributed by atoms with Gasteiger partial charge in [-0.2, -0.15) is 0 Å². The number of para-hydroxylation sites is 1. The van der Waals surface area contributed by atoms with Crippen molar-refractivity contribution in [3.63, 3.8) is 0 Å². The number of fused-ring (bicyclic) bond motifs is 1. The van der Waals surface area contributed by atoms with Crippen LogP contribution in [0.1, 0.15) is 5.56 Å². The van der Waals surface area contributed by atoms with Gasteiger partial charge in [-0.25, -0.2) is 4.39 Å². The van der Waals surface area contributed by atoms with Crippen molar-refractivity contribution in [2.75, 3.05) is 13.2 Å². The van der Waals surface area contributed by atoms with Gasteiger partial charge in [-0.3, -0.25) is 4.79 Å². The second-order valence-electron chi connectivity index (χ2n) is 5.32. The SMILES string of the molecule is O=C(COc1ccc(Br)cc1F)NCCc1c[nH]c2ccccc12. The molecule has 0 saturated heterocycles. The van der Waals surface area contributed by atoms with Gasteiger partial charge in [-0.05, 0) is 36.2 Å². The zero-order valence-corrected chi connectivity index (χ0v) is 14.4. The number of carbonyl (C=O) groups is 1. The fraction of sp³-hybridized carbons (Fsp3) is 0.167. The number of hydrogen-bond donors (Lipinski definition) is 2. The molecular weight excluding hydrogens is 375 g/mol. The lowest BCUT2D eigenvalue weighted by Crippen LogP contribution is -2.30. The molecule has 0 aliphatic carbocycles. The van der Waals surface area contributed by atoms with E-state index >= 15 is 0 Å². The molecule has 0 atom stereocenters. The predicted molar refractivity (Wildman–Crippen MR) is 94.6 cm³/mol. The molecule has 0 fully saturated rings. The third kappa shape index (κ3) is 3.94. The summed E-state index contributed by atoms with van der Waals surface area (Å²) in [4.78, 5) is 15.0. The van der Waals surface area contributed by atoms with Crippen molar-refractivity contribution < 1.29 is 13.9 Å². The molecule has 0 radical (unpaired) electrons. The van der Waals surface area contributed by atoms with Gasteiger partial charge < -0.3 is 15.0 Å². The van der Waals surface area contributed by atoms with E-state index in [2.05, 4.69) is 26.2 Å². The van der Waals surface area contributed by atoms with Crippen LogP contribution in [0.5, 0.6) is 5.75 Å². The molecule has 2 N–H and O–H groups in total. The smallest absolute Gasteiger partial charge is 0.257 e. The van der Waals surface area contributed by atoms with Crippen LogP contribution >= 0.6 is 15.9 Å². The minimum Gasteiger partial charge on any atom is -0.481 e. The van der Waals surface area contributed by atoms with Gasteiger partial charge in [0, 0.05) is 28.1 Å². The maximum Gasteiger partial charge on any atom is 0.257 e. The second kappa shape index (κ2) is 7.49. The van der Waals surface area contributed by atoms with E-state index in [0.29, 0.717) is 17.4 Å². The van der Waals surface area contributed by atoms with Crippen LogP contribution in [0.15, 0.2) is 53.1 Å². The molecule has 4 nitrogen and oxygen atoms in total. The van der Waals surface area contributed by atoms with Crippen LogP contribution in [-0.4, -0.2) is 24.0 Å².